The van der Waals surface area contributed by atoms with Gasteiger partial charge >= 0.3 is 0 Å². The molecular formula is C55H36N6S2. The van der Waals surface area contributed by atoms with Gasteiger partial charge in [0.2, 0.25) is 0 Å². The number of fused-ring (bicyclic) bond motifs is 6. The molecule has 1 aliphatic heterocycles. The first-order chi connectivity index (χ1) is 31.1. The molecule has 63 heavy (non-hydrogen) atoms. The van der Waals surface area contributed by atoms with E-state index < -0.39 is 0 Å². The highest BCUT2D eigenvalue weighted by Crippen LogP contribution is 2.47. The van der Waals surface area contributed by atoms with E-state index in [1.165, 1.54) is 38.1 Å². The molecule has 6 nitrogen and oxygen atoms in total. The maximum Gasteiger partial charge on any atom is 0.131 e. The van der Waals surface area contributed by atoms with Gasteiger partial charge in [-0.25, -0.2) is 9.97 Å². The monoisotopic (exact) mass is 844 g/mol. The Morgan fingerprint density at radius 3 is 1.70 bits per heavy atom. The number of hydrogen-bond donors (Lipinski definition) is 0. The molecule has 0 amide bonds. The van der Waals surface area contributed by atoms with Crippen molar-refractivity contribution < 1.29 is 0 Å². The van der Waals surface area contributed by atoms with Gasteiger partial charge < -0.3 is 9.13 Å². The topological polar surface area (TPSA) is 60.9 Å². The minimum atomic E-state index is 0.916. The lowest BCUT2D eigenvalue weighted by Gasteiger charge is -2.16. The SMILES string of the molecule is Cc1cc(C2=CN=CC=C=C2c2nccs2)cc2c3cccc(-c4cccc5c6cc(-c7cnccc7-c7nccs7)cc(C)c6n(-c6ccccc6)c45)c3n(-c3ccccc3)c12. The fraction of sp³-hybridized carbons (Fsp3) is 0.0364. The predicted octanol–water partition coefficient (Wildman–Crippen LogP) is 14.5. The van der Waals surface area contributed by atoms with Gasteiger partial charge in [0.25, 0.3) is 0 Å². The normalized spacial score (nSPS) is 12.7. The molecule has 0 saturated carbocycles. The summed E-state index contributed by atoms with van der Waals surface area (Å²) >= 11 is 3.26. The zero-order valence-electron chi connectivity index (χ0n) is 34.3. The first kappa shape index (κ1) is 37.1. The number of benzene rings is 6. The Hall–Kier alpha value is -7.74. The molecule has 0 fully saturated rings. The Morgan fingerprint density at radius 2 is 1.10 bits per heavy atom. The van der Waals surface area contributed by atoms with Gasteiger partial charge in [-0.15, -0.1) is 28.4 Å². The lowest BCUT2D eigenvalue weighted by molar-refractivity contribution is 1.16. The zero-order valence-corrected chi connectivity index (χ0v) is 36.0. The number of pyridine rings is 1. The molecule has 5 aromatic heterocycles. The van der Waals surface area contributed by atoms with Gasteiger partial charge in [0.05, 0.1) is 27.6 Å². The molecule has 0 aliphatic carbocycles. The average molecular weight is 845 g/mol. The van der Waals surface area contributed by atoms with E-state index in [1.54, 1.807) is 28.9 Å². The van der Waals surface area contributed by atoms with E-state index in [4.69, 9.17) is 0 Å². The van der Waals surface area contributed by atoms with Crippen LogP contribution < -0.4 is 0 Å². The van der Waals surface area contributed by atoms with Crippen molar-refractivity contribution >= 4 is 83.6 Å². The van der Waals surface area contributed by atoms with E-state index in [0.29, 0.717) is 0 Å². The molecule has 0 spiro atoms. The maximum absolute atomic E-state index is 4.69. The number of thiazole rings is 2. The van der Waals surface area contributed by atoms with Gasteiger partial charge in [-0.05, 0) is 96.8 Å². The summed E-state index contributed by atoms with van der Waals surface area (Å²) in [6.45, 7) is 4.46. The molecule has 0 atom stereocenters. The summed E-state index contributed by atoms with van der Waals surface area (Å²) in [5.74, 6) is 0. The fourth-order valence-corrected chi connectivity index (χ4v) is 10.9. The van der Waals surface area contributed by atoms with Gasteiger partial charge in [-0.3, -0.25) is 9.98 Å². The number of para-hydroxylation sites is 4. The van der Waals surface area contributed by atoms with Crippen molar-refractivity contribution in [2.75, 3.05) is 0 Å². The predicted molar refractivity (Wildman–Crippen MR) is 264 cm³/mol. The highest BCUT2D eigenvalue weighted by Gasteiger charge is 2.25. The Morgan fingerprint density at radius 1 is 0.508 bits per heavy atom. The third kappa shape index (κ3) is 5.99. The summed E-state index contributed by atoms with van der Waals surface area (Å²) < 4.78 is 4.94. The maximum atomic E-state index is 4.69. The molecule has 0 N–H and O–H groups in total. The number of aromatic nitrogens is 5. The molecule has 11 aromatic rings. The Labute approximate surface area is 371 Å². The van der Waals surface area contributed by atoms with Crippen LogP contribution in [-0.4, -0.2) is 30.3 Å². The van der Waals surface area contributed by atoms with Crippen LogP contribution in [0.5, 0.6) is 0 Å². The third-order valence-electron chi connectivity index (χ3n) is 12.1. The minimum Gasteiger partial charge on any atom is -0.308 e. The van der Waals surface area contributed by atoms with E-state index in [1.807, 2.05) is 47.8 Å². The summed E-state index contributed by atoms with van der Waals surface area (Å²) in [7, 11) is 0. The second-order valence-corrected chi connectivity index (χ2v) is 17.5. The van der Waals surface area contributed by atoms with Crippen LogP contribution in [0.2, 0.25) is 0 Å². The quantitative estimate of drug-likeness (QED) is 0.150. The van der Waals surface area contributed by atoms with Gasteiger partial charge in [0, 0.05) is 109 Å². The van der Waals surface area contributed by atoms with Crippen molar-refractivity contribution in [3.63, 3.8) is 0 Å². The van der Waals surface area contributed by atoms with Crippen molar-refractivity contribution in [2.45, 2.75) is 13.8 Å². The minimum absolute atomic E-state index is 0.916. The smallest absolute Gasteiger partial charge is 0.131 e. The van der Waals surface area contributed by atoms with Crippen molar-refractivity contribution in [1.29, 1.82) is 0 Å². The number of rotatable bonds is 7. The zero-order chi connectivity index (χ0) is 42.0. The van der Waals surface area contributed by atoms with E-state index in [-0.39, 0.29) is 0 Å². The van der Waals surface area contributed by atoms with Crippen LogP contribution in [0.15, 0.2) is 186 Å². The molecule has 8 heteroatoms. The fourth-order valence-electron chi connectivity index (χ4n) is 9.54. The standard InChI is InChI=1S/C55H36N6S2/c1-34-28-36(48-32-56-22-11-20-44(48)54-58-24-26-62-54)30-46-42-18-9-16-40(52(42)60(50(34)46)38-12-5-3-6-13-38)41-17-10-19-43-47-31-37(49-33-57-23-21-45(49)55-59-25-27-63-55)29-35(2)51(47)61(53(41)43)39-14-7-4-8-15-39/h3-19,21-33H,1-2H3. The summed E-state index contributed by atoms with van der Waals surface area (Å²) in [5, 5.41) is 10.7. The van der Waals surface area contributed by atoms with Gasteiger partial charge in [-0.1, -0.05) is 72.8 Å². The lowest BCUT2D eigenvalue weighted by Crippen LogP contribution is -1.99. The first-order valence-electron chi connectivity index (χ1n) is 20.8. The van der Waals surface area contributed by atoms with Crippen LogP contribution in [0, 0.1) is 13.8 Å². The van der Waals surface area contributed by atoms with Crippen LogP contribution in [0.4, 0.5) is 0 Å². The Kier molecular flexibility index (Phi) is 8.83. The average Bonchev–Trinajstić information content (AvgIpc) is 4.15. The van der Waals surface area contributed by atoms with Crippen molar-refractivity contribution in [2.24, 2.45) is 4.99 Å². The molecule has 0 bridgehead atoms. The number of hydrogen-bond acceptors (Lipinski definition) is 6. The second-order valence-electron chi connectivity index (χ2n) is 15.7. The highest BCUT2D eigenvalue weighted by atomic mass is 32.1. The largest absolute Gasteiger partial charge is 0.308 e. The summed E-state index contributed by atoms with van der Waals surface area (Å²) in [5.41, 5.74) is 21.3. The molecular weight excluding hydrogens is 809 g/mol. The molecule has 12 rings (SSSR count). The van der Waals surface area contributed by atoms with E-state index in [2.05, 4.69) is 176 Å². The molecule has 0 unspecified atom stereocenters. The summed E-state index contributed by atoms with van der Waals surface area (Å²) in [6, 6.07) is 46.5. The molecule has 0 radical (unpaired) electrons. The first-order valence-corrected chi connectivity index (χ1v) is 22.6. The lowest BCUT2D eigenvalue weighted by atomic mass is 9.95. The summed E-state index contributed by atoms with van der Waals surface area (Å²) in [6.07, 6.45) is 13.1. The molecule has 6 heterocycles. The Bertz CT molecular complexity index is 3710. The van der Waals surface area contributed by atoms with Crippen molar-refractivity contribution in [3.8, 4) is 44.2 Å². The van der Waals surface area contributed by atoms with Gasteiger partial charge in [0.1, 0.15) is 10.0 Å². The molecule has 298 valence electrons. The van der Waals surface area contributed by atoms with Crippen LogP contribution >= 0.6 is 22.7 Å². The van der Waals surface area contributed by atoms with Crippen LogP contribution in [0.3, 0.4) is 0 Å². The van der Waals surface area contributed by atoms with Crippen LogP contribution in [0.25, 0.3) is 99.0 Å². The number of aliphatic imine (C=N–C) groups is 1. The highest BCUT2D eigenvalue weighted by molar-refractivity contribution is 7.13. The number of allylic oxidation sites excluding steroid dienone is 2. The number of nitrogens with zero attached hydrogens (tertiary/aromatic N) is 6. The third-order valence-corrected chi connectivity index (χ3v) is 13.7. The van der Waals surface area contributed by atoms with Crippen molar-refractivity contribution in [1.82, 2.24) is 24.1 Å². The molecule has 1 aliphatic rings. The number of aryl methyl sites for hydroxylation is 2. The Balaban J connectivity index is 1.16. The van der Waals surface area contributed by atoms with E-state index >= 15 is 0 Å². The summed E-state index contributed by atoms with van der Waals surface area (Å²) in [4.78, 5) is 18.6. The second kappa shape index (κ2) is 15.0. The van der Waals surface area contributed by atoms with Gasteiger partial charge in [0.15, 0.2) is 0 Å². The van der Waals surface area contributed by atoms with Crippen LogP contribution in [0.1, 0.15) is 21.7 Å². The van der Waals surface area contributed by atoms with Gasteiger partial charge in [-0.2, -0.15) is 0 Å². The van der Waals surface area contributed by atoms with Crippen LogP contribution in [-0.2, 0) is 0 Å². The van der Waals surface area contributed by atoms with E-state index in [0.717, 1.165) is 82.5 Å². The molecule has 6 aromatic carbocycles. The van der Waals surface area contributed by atoms with Crippen molar-refractivity contribution in [3.05, 3.63) is 203 Å². The van der Waals surface area contributed by atoms with E-state index in [9.17, 15) is 0 Å². The molecule has 0 saturated heterocycles.